The van der Waals surface area contributed by atoms with Crippen molar-refractivity contribution in [2.75, 3.05) is 24.3 Å². The number of fused-ring (bicyclic) bond motifs is 1. The Bertz CT molecular complexity index is 1760. The maximum atomic E-state index is 14.3. The van der Waals surface area contributed by atoms with Crippen molar-refractivity contribution in [1.82, 2.24) is 15.4 Å². The third kappa shape index (κ3) is 9.95. The van der Waals surface area contributed by atoms with Crippen LogP contribution in [-0.4, -0.2) is 67.4 Å². The van der Waals surface area contributed by atoms with E-state index in [2.05, 4.69) is 34.1 Å². The van der Waals surface area contributed by atoms with E-state index in [-0.39, 0.29) is 22.8 Å². The van der Waals surface area contributed by atoms with Crippen LogP contribution in [0.4, 0.5) is 11.4 Å². The zero-order valence-electron chi connectivity index (χ0n) is 29.5. The molecule has 0 spiro atoms. The van der Waals surface area contributed by atoms with Crippen molar-refractivity contribution in [3.8, 4) is 11.5 Å². The SMILES string of the molecule is CCCCC1(CCCC)CN(c2ccccc2)c2cc(SC)c(OCC(=O)NC(C(=O)N[C@H](CC)C(=O)O)c3ccc(O)cc3)cc2S(=O)(=O)N1. The lowest BCUT2D eigenvalue weighted by Gasteiger charge is -2.37. The van der Waals surface area contributed by atoms with Gasteiger partial charge in [-0.05, 0) is 61.4 Å². The number of rotatable bonds is 17. The molecular formula is C37H48N4O8S2. The molecule has 0 saturated heterocycles. The number of aliphatic carboxylic acids is 1. The smallest absolute Gasteiger partial charge is 0.326 e. The van der Waals surface area contributed by atoms with E-state index in [1.165, 1.54) is 42.1 Å². The van der Waals surface area contributed by atoms with Crippen molar-refractivity contribution < 1.29 is 37.8 Å². The number of carbonyl (C=O) groups is 3. The highest BCUT2D eigenvalue weighted by Crippen LogP contribution is 2.44. The van der Waals surface area contributed by atoms with E-state index in [1.54, 1.807) is 13.0 Å². The minimum Gasteiger partial charge on any atom is -0.508 e. The third-order valence-corrected chi connectivity index (χ3v) is 11.3. The Morgan fingerprint density at radius 2 is 1.63 bits per heavy atom. The number of nitrogens with zero attached hydrogens (tertiary/aromatic N) is 1. The fraction of sp³-hybridized carbons (Fsp3) is 0.432. The number of carboxylic acids is 1. The van der Waals surface area contributed by atoms with E-state index < -0.39 is 52.0 Å². The molecule has 3 aromatic rings. The van der Waals surface area contributed by atoms with Gasteiger partial charge in [0.15, 0.2) is 6.61 Å². The number of thioether (sulfide) groups is 1. The number of benzene rings is 3. The number of ether oxygens (including phenoxy) is 1. The van der Waals surface area contributed by atoms with Gasteiger partial charge < -0.3 is 30.5 Å². The normalized spacial score (nSPS) is 15.9. The predicted molar refractivity (Wildman–Crippen MR) is 198 cm³/mol. The van der Waals surface area contributed by atoms with E-state index in [0.29, 0.717) is 35.5 Å². The van der Waals surface area contributed by atoms with Gasteiger partial charge in [-0.25, -0.2) is 17.9 Å². The van der Waals surface area contributed by atoms with Gasteiger partial charge in [0.25, 0.3) is 5.91 Å². The Kier molecular flexibility index (Phi) is 13.8. The second-order valence-electron chi connectivity index (χ2n) is 12.7. The van der Waals surface area contributed by atoms with Crippen molar-refractivity contribution in [2.24, 2.45) is 0 Å². The van der Waals surface area contributed by atoms with Crippen molar-refractivity contribution in [1.29, 1.82) is 0 Å². The highest BCUT2D eigenvalue weighted by atomic mass is 32.2. The first-order chi connectivity index (χ1) is 24.4. The average molecular weight is 741 g/mol. The van der Waals surface area contributed by atoms with Gasteiger partial charge in [0.05, 0.1) is 16.1 Å². The minimum absolute atomic E-state index is 0.0232. The summed E-state index contributed by atoms with van der Waals surface area (Å²) in [6, 6.07) is 16.0. The summed E-state index contributed by atoms with van der Waals surface area (Å²) in [5, 5.41) is 24.3. The Morgan fingerprint density at radius 1 is 0.980 bits per heavy atom. The minimum atomic E-state index is -4.07. The Labute approximate surface area is 304 Å². The molecule has 3 aromatic carbocycles. The number of sulfonamides is 1. The van der Waals surface area contributed by atoms with Gasteiger partial charge in [0.1, 0.15) is 28.5 Å². The molecule has 1 unspecified atom stereocenters. The molecule has 14 heteroatoms. The highest BCUT2D eigenvalue weighted by Gasteiger charge is 2.42. The number of hydrogen-bond acceptors (Lipinski definition) is 9. The third-order valence-electron chi connectivity index (χ3n) is 8.90. The van der Waals surface area contributed by atoms with Crippen LogP contribution in [0.15, 0.2) is 76.5 Å². The van der Waals surface area contributed by atoms with Crippen LogP contribution in [-0.2, 0) is 24.4 Å². The van der Waals surface area contributed by atoms with Gasteiger partial charge in [0, 0.05) is 18.3 Å². The molecule has 4 rings (SSSR count). The molecule has 0 aromatic heterocycles. The van der Waals surface area contributed by atoms with Crippen molar-refractivity contribution in [3.63, 3.8) is 0 Å². The van der Waals surface area contributed by atoms with Gasteiger partial charge in [-0.15, -0.1) is 11.8 Å². The van der Waals surface area contributed by atoms with Crippen LogP contribution >= 0.6 is 11.8 Å². The van der Waals surface area contributed by atoms with Crippen LogP contribution in [0.2, 0.25) is 0 Å². The first-order valence-electron chi connectivity index (χ1n) is 17.2. The number of aromatic hydroxyl groups is 1. The topological polar surface area (TPSA) is 174 Å². The van der Waals surface area contributed by atoms with E-state index in [0.717, 1.165) is 31.4 Å². The van der Waals surface area contributed by atoms with Crippen molar-refractivity contribution in [2.45, 2.75) is 93.1 Å². The van der Waals surface area contributed by atoms with Crippen LogP contribution in [0.1, 0.15) is 77.3 Å². The quantitative estimate of drug-likeness (QED) is 0.105. The summed E-state index contributed by atoms with van der Waals surface area (Å²) in [6.45, 7) is 5.64. The number of unbranched alkanes of at least 4 members (excludes halogenated alkanes) is 2. The number of para-hydroxylation sites is 1. The van der Waals surface area contributed by atoms with Crippen LogP contribution < -0.4 is 25.0 Å². The van der Waals surface area contributed by atoms with E-state index in [4.69, 9.17) is 4.74 Å². The van der Waals surface area contributed by atoms with E-state index >= 15 is 0 Å². The molecule has 12 nitrogen and oxygen atoms in total. The number of nitrogens with one attached hydrogen (secondary N) is 3. The first kappa shape index (κ1) is 39.5. The fourth-order valence-electron chi connectivity index (χ4n) is 6.15. The molecule has 0 fully saturated rings. The Balaban J connectivity index is 1.68. The zero-order chi connectivity index (χ0) is 37.2. The van der Waals surface area contributed by atoms with Gasteiger partial charge in [-0.3, -0.25) is 9.59 Å². The number of phenols is 1. The molecule has 0 bridgehead atoms. The summed E-state index contributed by atoms with van der Waals surface area (Å²) >= 11 is 1.34. The van der Waals surface area contributed by atoms with Crippen LogP contribution in [0.5, 0.6) is 11.5 Å². The van der Waals surface area contributed by atoms with E-state index in [9.17, 15) is 33.0 Å². The molecular weight excluding hydrogens is 693 g/mol. The summed E-state index contributed by atoms with van der Waals surface area (Å²) in [6.07, 6.45) is 6.81. The summed E-state index contributed by atoms with van der Waals surface area (Å²) in [7, 11) is -4.07. The summed E-state index contributed by atoms with van der Waals surface area (Å²) < 4.78 is 37.6. The molecule has 1 heterocycles. The number of hydrogen-bond donors (Lipinski definition) is 5. The molecule has 1 aliphatic rings. The molecule has 2 atom stereocenters. The van der Waals surface area contributed by atoms with Crippen molar-refractivity contribution >= 4 is 50.9 Å². The molecule has 2 amide bonds. The van der Waals surface area contributed by atoms with Crippen LogP contribution in [0, 0.1) is 0 Å². The average Bonchev–Trinajstić information content (AvgIpc) is 3.21. The molecule has 5 N–H and O–H groups in total. The molecule has 0 saturated carbocycles. The summed E-state index contributed by atoms with van der Waals surface area (Å²) in [5.74, 6) is -2.57. The lowest BCUT2D eigenvalue weighted by Crippen LogP contribution is -2.53. The second kappa shape index (κ2) is 17.8. The highest BCUT2D eigenvalue weighted by molar-refractivity contribution is 7.98. The van der Waals surface area contributed by atoms with E-state index in [1.807, 2.05) is 36.6 Å². The number of carboxylic acid groups (broad SMARTS) is 1. The largest absolute Gasteiger partial charge is 0.508 e. The van der Waals surface area contributed by atoms with Crippen LogP contribution in [0.25, 0.3) is 0 Å². The van der Waals surface area contributed by atoms with Gasteiger partial charge in [0.2, 0.25) is 15.9 Å². The Morgan fingerprint density at radius 3 is 2.20 bits per heavy atom. The molecule has 51 heavy (non-hydrogen) atoms. The lowest BCUT2D eigenvalue weighted by molar-refractivity contribution is -0.142. The molecule has 1 aliphatic heterocycles. The van der Waals surface area contributed by atoms with Gasteiger partial charge in [-0.2, -0.15) is 0 Å². The molecule has 276 valence electrons. The second-order valence-corrected chi connectivity index (χ2v) is 15.2. The predicted octanol–water partition coefficient (Wildman–Crippen LogP) is 5.88. The fourth-order valence-corrected chi connectivity index (χ4v) is 8.35. The summed E-state index contributed by atoms with van der Waals surface area (Å²) in [5.41, 5.74) is 0.933. The number of amides is 2. The summed E-state index contributed by atoms with van der Waals surface area (Å²) in [4.78, 5) is 40.8. The standard InChI is InChI=1S/C37H48N4O8S2/c1-5-8-19-37(20-9-6-2)24-41(26-13-11-10-12-14-26)29-21-31(50-4)30(22-32(29)51(47,48)40-37)49-23-33(43)39-34(25-15-17-27(42)18-16-25)35(44)38-28(7-3)36(45)46/h10-18,21-22,28,34,40,42H,5-9,19-20,23-24H2,1-4H3,(H,38,44)(H,39,43)(H,45,46)/t28-,34?/m1/s1. The van der Waals surface area contributed by atoms with Gasteiger partial charge in [-0.1, -0.05) is 76.8 Å². The van der Waals surface area contributed by atoms with Gasteiger partial charge >= 0.3 is 5.97 Å². The lowest BCUT2D eigenvalue weighted by atomic mass is 9.87. The van der Waals surface area contributed by atoms with Crippen LogP contribution in [0.3, 0.4) is 0 Å². The molecule has 0 radical (unpaired) electrons. The van der Waals surface area contributed by atoms with Crippen molar-refractivity contribution in [3.05, 3.63) is 72.3 Å². The zero-order valence-corrected chi connectivity index (χ0v) is 31.1. The monoisotopic (exact) mass is 740 g/mol. The number of carbonyl (C=O) groups excluding carboxylic acids is 2. The Hall–Kier alpha value is -4.27. The number of anilines is 2. The maximum Gasteiger partial charge on any atom is 0.326 e. The maximum absolute atomic E-state index is 14.3. The molecule has 0 aliphatic carbocycles. The number of phenolic OH excluding ortho intramolecular Hbond substituents is 1. The first-order valence-corrected chi connectivity index (χ1v) is 19.9.